The summed E-state index contributed by atoms with van der Waals surface area (Å²) in [4.78, 5) is 3.26. The van der Waals surface area contributed by atoms with Gasteiger partial charge in [-0.1, -0.05) is 0 Å². The van der Waals surface area contributed by atoms with Gasteiger partial charge in [0.1, 0.15) is 5.75 Å². The fraction of sp³-hybridized carbons (Fsp3) is 0.333. The second-order valence-electron chi connectivity index (χ2n) is 4.03. The fourth-order valence-corrected chi connectivity index (χ4v) is 1.84. The van der Waals surface area contributed by atoms with Crippen molar-refractivity contribution in [3.05, 3.63) is 30.0 Å². The van der Waals surface area contributed by atoms with Crippen molar-refractivity contribution >= 4 is 10.9 Å². The van der Waals surface area contributed by atoms with E-state index in [4.69, 9.17) is 4.74 Å². The first-order valence-electron chi connectivity index (χ1n) is 5.18. The van der Waals surface area contributed by atoms with Crippen LogP contribution in [0.3, 0.4) is 0 Å². The summed E-state index contributed by atoms with van der Waals surface area (Å²) in [6.45, 7) is 2.13. The van der Waals surface area contributed by atoms with E-state index in [1.54, 1.807) is 7.11 Å². The molecule has 0 aliphatic heterocycles. The summed E-state index contributed by atoms with van der Waals surface area (Å²) in [6, 6.07) is 6.55. The van der Waals surface area contributed by atoms with E-state index in [0.29, 0.717) is 6.04 Å². The fourth-order valence-electron chi connectivity index (χ4n) is 1.84. The lowest BCUT2D eigenvalue weighted by molar-refractivity contribution is -0.413. The molecule has 0 spiro atoms. The van der Waals surface area contributed by atoms with E-state index in [-0.39, 0.29) is 0 Å². The van der Waals surface area contributed by atoms with Crippen LogP contribution in [0.1, 0.15) is 12.5 Å². The molecule has 80 valence electrons. The topological polar surface area (TPSA) is 52.7 Å². The molecule has 15 heavy (non-hydrogen) atoms. The third-order valence-electron chi connectivity index (χ3n) is 2.54. The molecule has 1 aromatic heterocycles. The van der Waals surface area contributed by atoms with Gasteiger partial charge in [-0.2, -0.15) is 0 Å². The Hall–Kier alpha value is -1.48. The Morgan fingerprint density at radius 1 is 1.47 bits per heavy atom. The third kappa shape index (κ3) is 1.97. The molecule has 4 N–H and O–H groups in total. The summed E-state index contributed by atoms with van der Waals surface area (Å²) in [5.41, 5.74) is 6.47. The molecule has 2 rings (SSSR count). The number of quaternary nitrogens is 1. The number of H-pyrrole nitrogens is 1. The molecular weight excluding hydrogens is 188 g/mol. The van der Waals surface area contributed by atoms with Crippen LogP contribution in [0.2, 0.25) is 0 Å². The van der Waals surface area contributed by atoms with Gasteiger partial charge in [0.2, 0.25) is 0 Å². The first-order chi connectivity index (χ1) is 7.20. The van der Waals surface area contributed by atoms with Gasteiger partial charge < -0.3 is 15.5 Å². The monoisotopic (exact) mass is 205 g/mol. The zero-order valence-corrected chi connectivity index (χ0v) is 9.21. The Kier molecular flexibility index (Phi) is 2.64. The van der Waals surface area contributed by atoms with E-state index in [1.807, 2.05) is 12.1 Å². The summed E-state index contributed by atoms with van der Waals surface area (Å²) in [6.07, 6.45) is 3.07. The van der Waals surface area contributed by atoms with Gasteiger partial charge in [0.25, 0.3) is 0 Å². The highest BCUT2D eigenvalue weighted by Crippen LogP contribution is 2.23. The van der Waals surface area contributed by atoms with Crippen LogP contribution in [0.5, 0.6) is 5.75 Å². The molecule has 1 heterocycles. The summed E-state index contributed by atoms with van der Waals surface area (Å²) in [5, 5.41) is 1.27. The average Bonchev–Trinajstić information content (AvgIpc) is 2.60. The Labute approximate surface area is 89.2 Å². The van der Waals surface area contributed by atoms with Crippen molar-refractivity contribution in [1.82, 2.24) is 4.98 Å². The quantitative estimate of drug-likeness (QED) is 0.780. The van der Waals surface area contributed by atoms with Gasteiger partial charge in [-0.15, -0.1) is 0 Å². The molecule has 0 unspecified atom stereocenters. The van der Waals surface area contributed by atoms with Gasteiger partial charge in [0.15, 0.2) is 0 Å². The van der Waals surface area contributed by atoms with Crippen LogP contribution in [0, 0.1) is 0 Å². The van der Waals surface area contributed by atoms with Crippen molar-refractivity contribution in [3.63, 3.8) is 0 Å². The molecule has 3 heteroatoms. The molecule has 1 aromatic carbocycles. The number of hydrogen-bond donors (Lipinski definition) is 2. The Balaban J connectivity index is 2.43. The SMILES string of the molecule is COc1ccc2c(C[C@@H](C)[NH3+])c[nH]c2c1. The number of ether oxygens (including phenoxy) is 1. The summed E-state index contributed by atoms with van der Waals surface area (Å²) in [5.74, 6) is 0.888. The molecule has 0 saturated carbocycles. The van der Waals surface area contributed by atoms with Crippen molar-refractivity contribution < 1.29 is 10.5 Å². The molecule has 3 nitrogen and oxygen atoms in total. The van der Waals surface area contributed by atoms with Gasteiger partial charge in [-0.3, -0.25) is 0 Å². The van der Waals surface area contributed by atoms with E-state index in [2.05, 4.69) is 29.9 Å². The molecule has 0 amide bonds. The van der Waals surface area contributed by atoms with Crippen molar-refractivity contribution in [2.75, 3.05) is 7.11 Å². The van der Waals surface area contributed by atoms with Gasteiger partial charge in [-0.25, -0.2) is 0 Å². The predicted octanol–water partition coefficient (Wildman–Crippen LogP) is 1.35. The molecular formula is C12H17N2O+. The Bertz CT molecular complexity index is 460. The Morgan fingerprint density at radius 2 is 2.27 bits per heavy atom. The normalized spacial score (nSPS) is 13.0. The van der Waals surface area contributed by atoms with E-state index < -0.39 is 0 Å². The van der Waals surface area contributed by atoms with Crippen LogP contribution >= 0.6 is 0 Å². The zero-order valence-electron chi connectivity index (χ0n) is 9.21. The molecule has 0 fully saturated rings. The number of nitrogens with one attached hydrogen (secondary N) is 1. The van der Waals surface area contributed by atoms with Crippen LogP contribution in [-0.4, -0.2) is 18.1 Å². The molecule has 0 radical (unpaired) electrons. The second kappa shape index (κ2) is 3.95. The number of aromatic nitrogens is 1. The highest BCUT2D eigenvalue weighted by Gasteiger charge is 2.07. The number of fused-ring (bicyclic) bond motifs is 1. The van der Waals surface area contributed by atoms with Gasteiger partial charge in [-0.05, 0) is 24.6 Å². The van der Waals surface area contributed by atoms with Crippen molar-refractivity contribution in [1.29, 1.82) is 0 Å². The molecule has 0 aliphatic rings. The van der Waals surface area contributed by atoms with E-state index in [9.17, 15) is 0 Å². The number of aromatic amines is 1. The van der Waals surface area contributed by atoms with Gasteiger partial charge in [0.05, 0.1) is 13.2 Å². The van der Waals surface area contributed by atoms with Crippen molar-refractivity contribution in [3.8, 4) is 5.75 Å². The van der Waals surface area contributed by atoms with E-state index in [0.717, 1.165) is 17.7 Å². The maximum atomic E-state index is 5.18. The summed E-state index contributed by atoms with van der Waals surface area (Å²) >= 11 is 0. The third-order valence-corrected chi connectivity index (χ3v) is 2.54. The van der Waals surface area contributed by atoms with Crippen LogP contribution in [0.25, 0.3) is 10.9 Å². The second-order valence-corrected chi connectivity index (χ2v) is 4.03. The first kappa shape index (κ1) is 10.1. The van der Waals surface area contributed by atoms with Crippen LogP contribution < -0.4 is 10.5 Å². The maximum Gasteiger partial charge on any atom is 0.120 e. The van der Waals surface area contributed by atoms with Gasteiger partial charge in [0, 0.05) is 29.6 Å². The molecule has 0 aliphatic carbocycles. The van der Waals surface area contributed by atoms with Gasteiger partial charge >= 0.3 is 0 Å². The number of rotatable bonds is 3. The van der Waals surface area contributed by atoms with Crippen LogP contribution in [-0.2, 0) is 6.42 Å². The Morgan fingerprint density at radius 3 is 2.93 bits per heavy atom. The molecule has 1 atom stereocenters. The van der Waals surface area contributed by atoms with Crippen molar-refractivity contribution in [2.45, 2.75) is 19.4 Å². The van der Waals surface area contributed by atoms with E-state index >= 15 is 0 Å². The summed E-state index contributed by atoms with van der Waals surface area (Å²) in [7, 11) is 1.68. The smallest absolute Gasteiger partial charge is 0.120 e. The molecule has 0 bridgehead atoms. The number of hydrogen-bond acceptors (Lipinski definition) is 1. The standard InChI is InChI=1S/C12H16N2O/c1-8(13)5-9-7-14-12-6-10(15-2)3-4-11(9)12/h3-4,6-8,14H,5,13H2,1-2H3/p+1/t8-/m1/s1. The minimum Gasteiger partial charge on any atom is -0.497 e. The highest BCUT2D eigenvalue weighted by molar-refractivity contribution is 5.84. The highest BCUT2D eigenvalue weighted by atomic mass is 16.5. The number of benzene rings is 1. The largest absolute Gasteiger partial charge is 0.497 e. The molecule has 2 aromatic rings. The minimum atomic E-state index is 0.436. The van der Waals surface area contributed by atoms with Crippen molar-refractivity contribution in [2.24, 2.45) is 0 Å². The summed E-state index contributed by atoms with van der Waals surface area (Å²) < 4.78 is 5.18. The number of methoxy groups -OCH3 is 1. The first-order valence-corrected chi connectivity index (χ1v) is 5.18. The lowest BCUT2D eigenvalue weighted by Crippen LogP contribution is -2.60. The predicted molar refractivity (Wildman–Crippen MR) is 60.9 cm³/mol. The van der Waals surface area contributed by atoms with E-state index in [1.165, 1.54) is 10.9 Å². The lowest BCUT2D eigenvalue weighted by Gasteiger charge is -2.02. The van der Waals surface area contributed by atoms with Crippen LogP contribution in [0.4, 0.5) is 0 Å². The maximum absolute atomic E-state index is 5.18. The zero-order chi connectivity index (χ0) is 10.8. The van der Waals surface area contributed by atoms with Crippen LogP contribution in [0.15, 0.2) is 24.4 Å². The molecule has 0 saturated heterocycles. The average molecular weight is 205 g/mol. The lowest BCUT2D eigenvalue weighted by atomic mass is 10.1. The minimum absolute atomic E-state index is 0.436.